The van der Waals surface area contributed by atoms with Crippen molar-refractivity contribution in [1.82, 2.24) is 4.57 Å². The SMILES string of the molecule is C\C=C/C=c1/c(CC(O)=C2CC2)c2n(/c1=C\CCC)CC(=O)CC2. The van der Waals surface area contributed by atoms with Crippen LogP contribution in [0.1, 0.15) is 57.2 Å². The molecule has 3 heteroatoms. The summed E-state index contributed by atoms with van der Waals surface area (Å²) in [6, 6.07) is 0. The zero-order chi connectivity index (χ0) is 17.1. The molecule has 0 unspecified atom stereocenters. The van der Waals surface area contributed by atoms with Crippen LogP contribution in [0.3, 0.4) is 0 Å². The van der Waals surface area contributed by atoms with Gasteiger partial charge in [0.2, 0.25) is 0 Å². The Kier molecular flexibility index (Phi) is 5.08. The number of hydrogen-bond acceptors (Lipinski definition) is 2. The molecule has 0 amide bonds. The lowest BCUT2D eigenvalue weighted by atomic mass is 10.0. The standard InChI is InChI=1S/C21H27NO2/c1-3-5-7-17-18(13-21(24)15-9-10-15)20-12-11-16(23)14-22(20)19(17)8-6-4-2/h3,5,7-8,24H,4,6,9-14H2,1-2H3/b5-3-,17-7-,19-8-. The molecule has 1 fully saturated rings. The van der Waals surface area contributed by atoms with E-state index in [1.165, 1.54) is 22.0 Å². The molecular formula is C21H27NO2. The van der Waals surface area contributed by atoms with E-state index in [0.29, 0.717) is 30.9 Å². The molecule has 1 aromatic heterocycles. The third-order valence-corrected chi connectivity index (χ3v) is 4.88. The van der Waals surface area contributed by atoms with Crippen LogP contribution in [0, 0.1) is 0 Å². The molecule has 0 aromatic carbocycles. The number of aromatic nitrogens is 1. The van der Waals surface area contributed by atoms with Gasteiger partial charge in [-0.3, -0.25) is 4.79 Å². The third-order valence-electron chi connectivity index (χ3n) is 4.88. The summed E-state index contributed by atoms with van der Waals surface area (Å²) in [4.78, 5) is 12.0. The smallest absolute Gasteiger partial charge is 0.152 e. The minimum Gasteiger partial charge on any atom is -0.512 e. The monoisotopic (exact) mass is 325 g/mol. The molecule has 1 aliphatic heterocycles. The maximum Gasteiger partial charge on any atom is 0.152 e. The number of carbonyl (C=O) groups is 1. The third kappa shape index (κ3) is 3.40. The van der Waals surface area contributed by atoms with Gasteiger partial charge in [-0.1, -0.05) is 37.6 Å². The topological polar surface area (TPSA) is 42.2 Å². The van der Waals surface area contributed by atoms with Gasteiger partial charge in [-0.2, -0.15) is 0 Å². The molecule has 1 aliphatic carbocycles. The van der Waals surface area contributed by atoms with Crippen molar-refractivity contribution in [1.29, 1.82) is 0 Å². The molecule has 0 atom stereocenters. The molecule has 1 saturated carbocycles. The predicted octanol–water partition coefficient (Wildman–Crippen LogP) is 3.09. The first kappa shape index (κ1) is 16.8. The second-order valence-corrected chi connectivity index (χ2v) is 6.76. The van der Waals surface area contributed by atoms with Gasteiger partial charge in [0.25, 0.3) is 0 Å². The summed E-state index contributed by atoms with van der Waals surface area (Å²) >= 11 is 0. The van der Waals surface area contributed by atoms with E-state index in [1.54, 1.807) is 0 Å². The highest BCUT2D eigenvalue weighted by atomic mass is 16.3. The summed E-state index contributed by atoms with van der Waals surface area (Å²) in [6.45, 7) is 4.65. The average Bonchev–Trinajstić information content (AvgIpc) is 3.38. The number of hydrogen-bond donors (Lipinski definition) is 1. The summed E-state index contributed by atoms with van der Waals surface area (Å²) in [5.41, 5.74) is 3.64. The van der Waals surface area contributed by atoms with Crippen LogP contribution in [0.15, 0.2) is 23.5 Å². The van der Waals surface area contributed by atoms with Crippen LogP contribution in [0.5, 0.6) is 0 Å². The Morgan fingerprint density at radius 1 is 1.25 bits per heavy atom. The molecular weight excluding hydrogens is 298 g/mol. The van der Waals surface area contributed by atoms with E-state index in [-0.39, 0.29) is 0 Å². The average molecular weight is 325 g/mol. The summed E-state index contributed by atoms with van der Waals surface area (Å²) in [7, 11) is 0. The van der Waals surface area contributed by atoms with Crippen molar-refractivity contribution in [2.45, 2.75) is 65.3 Å². The second kappa shape index (κ2) is 7.25. The first-order chi connectivity index (χ1) is 11.7. The van der Waals surface area contributed by atoms with Crippen LogP contribution in [0.2, 0.25) is 0 Å². The first-order valence-corrected chi connectivity index (χ1v) is 9.10. The molecule has 2 aliphatic rings. The van der Waals surface area contributed by atoms with Crippen molar-refractivity contribution in [2.24, 2.45) is 0 Å². The van der Waals surface area contributed by atoms with Crippen molar-refractivity contribution < 1.29 is 9.90 Å². The Morgan fingerprint density at radius 2 is 2.04 bits per heavy atom. The van der Waals surface area contributed by atoms with E-state index in [1.807, 2.05) is 13.0 Å². The lowest BCUT2D eigenvalue weighted by molar-refractivity contribution is -0.120. The van der Waals surface area contributed by atoms with Crippen molar-refractivity contribution in [3.05, 3.63) is 45.3 Å². The normalized spacial score (nSPS) is 18.6. The van der Waals surface area contributed by atoms with Gasteiger partial charge in [-0.15, -0.1) is 0 Å². The molecule has 0 spiro atoms. The fourth-order valence-corrected chi connectivity index (χ4v) is 3.46. The van der Waals surface area contributed by atoms with E-state index in [2.05, 4.69) is 29.7 Å². The van der Waals surface area contributed by atoms with E-state index >= 15 is 0 Å². The molecule has 1 aromatic rings. The van der Waals surface area contributed by atoms with Gasteiger partial charge in [-0.25, -0.2) is 0 Å². The molecule has 3 rings (SSSR count). The molecule has 3 nitrogen and oxygen atoms in total. The van der Waals surface area contributed by atoms with Gasteiger partial charge in [0.05, 0.1) is 12.3 Å². The number of aliphatic hydroxyl groups is 1. The van der Waals surface area contributed by atoms with Crippen LogP contribution in [-0.2, 0) is 24.2 Å². The number of carbonyl (C=O) groups excluding carboxylic acids is 1. The van der Waals surface area contributed by atoms with Crippen molar-refractivity contribution >= 4 is 17.9 Å². The van der Waals surface area contributed by atoms with Crippen LogP contribution in [-0.4, -0.2) is 15.5 Å². The number of ketones is 1. The fraction of sp³-hybridized carbons (Fsp3) is 0.476. The molecule has 0 radical (unpaired) electrons. The number of fused-ring (bicyclic) bond motifs is 1. The van der Waals surface area contributed by atoms with Crippen molar-refractivity contribution in [3.8, 4) is 0 Å². The quantitative estimate of drug-likeness (QED) is 0.845. The summed E-state index contributed by atoms with van der Waals surface area (Å²) in [5, 5.41) is 12.7. The molecule has 128 valence electrons. The van der Waals surface area contributed by atoms with Crippen molar-refractivity contribution in [3.63, 3.8) is 0 Å². The lowest BCUT2D eigenvalue weighted by Crippen LogP contribution is -2.34. The summed E-state index contributed by atoms with van der Waals surface area (Å²) in [5.74, 6) is 0.843. The van der Waals surface area contributed by atoms with Gasteiger partial charge in [-0.05, 0) is 43.7 Å². The lowest BCUT2D eigenvalue weighted by Gasteiger charge is -2.16. The summed E-state index contributed by atoms with van der Waals surface area (Å²) < 4.78 is 2.19. The Labute approximate surface area is 143 Å². The van der Waals surface area contributed by atoms with Crippen LogP contribution < -0.4 is 10.6 Å². The summed E-state index contributed by atoms with van der Waals surface area (Å²) in [6.07, 6.45) is 14.6. The highest BCUT2D eigenvalue weighted by molar-refractivity contribution is 5.80. The van der Waals surface area contributed by atoms with E-state index in [4.69, 9.17) is 0 Å². The van der Waals surface area contributed by atoms with Gasteiger partial charge in [0.15, 0.2) is 5.78 Å². The van der Waals surface area contributed by atoms with Gasteiger partial charge in [0.1, 0.15) is 0 Å². The van der Waals surface area contributed by atoms with Crippen LogP contribution in [0.25, 0.3) is 12.2 Å². The Balaban J connectivity index is 2.22. The molecule has 2 heterocycles. The minimum absolute atomic E-state index is 0.303. The van der Waals surface area contributed by atoms with E-state index in [9.17, 15) is 9.90 Å². The molecule has 0 saturated heterocycles. The zero-order valence-corrected chi connectivity index (χ0v) is 14.8. The molecule has 0 bridgehead atoms. The predicted molar refractivity (Wildman–Crippen MR) is 98.3 cm³/mol. The van der Waals surface area contributed by atoms with E-state index in [0.717, 1.165) is 37.5 Å². The first-order valence-electron chi connectivity index (χ1n) is 9.10. The van der Waals surface area contributed by atoms with Crippen LogP contribution >= 0.6 is 0 Å². The highest BCUT2D eigenvalue weighted by Crippen LogP contribution is 2.32. The molecule has 1 N–H and O–H groups in total. The zero-order valence-electron chi connectivity index (χ0n) is 14.8. The van der Waals surface area contributed by atoms with Gasteiger partial charge < -0.3 is 9.67 Å². The number of nitrogens with zero attached hydrogens (tertiary/aromatic N) is 1. The fourth-order valence-electron chi connectivity index (χ4n) is 3.46. The Morgan fingerprint density at radius 3 is 2.71 bits per heavy atom. The van der Waals surface area contributed by atoms with Crippen LogP contribution in [0.4, 0.5) is 0 Å². The number of Topliss-reactive ketones (excluding diaryl/α,β-unsaturated/α-hetero) is 1. The Hall–Kier alpha value is -2.03. The maximum absolute atomic E-state index is 12.0. The second-order valence-electron chi connectivity index (χ2n) is 6.76. The van der Waals surface area contributed by atoms with E-state index < -0.39 is 0 Å². The van der Waals surface area contributed by atoms with Crippen molar-refractivity contribution in [2.75, 3.05) is 0 Å². The number of rotatable bonds is 5. The Bertz CT molecular complexity index is 815. The maximum atomic E-state index is 12.0. The van der Waals surface area contributed by atoms with Gasteiger partial charge in [0, 0.05) is 29.1 Å². The molecule has 24 heavy (non-hydrogen) atoms. The number of allylic oxidation sites excluding steroid dienone is 4. The minimum atomic E-state index is 0.303. The highest BCUT2D eigenvalue weighted by Gasteiger charge is 2.24. The van der Waals surface area contributed by atoms with Gasteiger partial charge >= 0.3 is 0 Å². The number of aliphatic hydroxyl groups excluding tert-OH is 1. The number of unbranched alkanes of at least 4 members (excludes halogenated alkanes) is 1. The largest absolute Gasteiger partial charge is 0.512 e.